The molecule has 0 bridgehead atoms. The second-order valence-electron chi connectivity index (χ2n) is 12.6. The Morgan fingerprint density at radius 1 is 1.18 bits per heavy atom. The molecule has 1 aliphatic heterocycles. The van der Waals surface area contributed by atoms with Crippen LogP contribution in [0.15, 0.2) is 42.7 Å². The molecule has 2 aliphatic rings. The van der Waals surface area contributed by atoms with Crippen molar-refractivity contribution in [1.82, 2.24) is 30.3 Å². The van der Waals surface area contributed by atoms with Crippen molar-refractivity contribution in [2.75, 3.05) is 13.7 Å². The third kappa shape index (κ3) is 7.83. The number of rotatable bonds is 11. The first kappa shape index (κ1) is 32.0. The molecule has 45 heavy (non-hydrogen) atoms. The molecule has 0 unspecified atom stereocenters. The van der Waals surface area contributed by atoms with Gasteiger partial charge in [-0.3, -0.25) is 14.5 Å². The SMILES string of the molecule is CCC[C@H](NC(=O)[C@@H]1C[C@@H](Oc2cc(-n3cccn3)nc3cc(OC)ccc23)CN1C(=O)OC(C)(C)C)[C@H](O)C(=O)NC1CC1. The zero-order valence-corrected chi connectivity index (χ0v) is 26.4. The van der Waals surface area contributed by atoms with Crippen molar-refractivity contribution >= 4 is 28.8 Å². The number of pyridine rings is 1. The maximum Gasteiger partial charge on any atom is 0.411 e. The van der Waals surface area contributed by atoms with E-state index in [-0.39, 0.29) is 19.0 Å². The lowest BCUT2D eigenvalue weighted by molar-refractivity contribution is -0.133. The van der Waals surface area contributed by atoms with Gasteiger partial charge in [0.1, 0.15) is 29.2 Å². The molecule has 0 radical (unpaired) electrons. The normalized spacial score (nSPS) is 19.6. The second-order valence-corrected chi connectivity index (χ2v) is 12.6. The van der Waals surface area contributed by atoms with Crippen LogP contribution in [0.4, 0.5) is 4.79 Å². The molecule has 5 rings (SSSR count). The Balaban J connectivity index is 1.41. The van der Waals surface area contributed by atoms with Crippen molar-refractivity contribution in [2.45, 2.75) is 95.7 Å². The fraction of sp³-hybridized carbons (Fsp3) is 0.531. The average Bonchev–Trinajstić information content (AvgIpc) is 3.45. The summed E-state index contributed by atoms with van der Waals surface area (Å²) < 4.78 is 19.2. The van der Waals surface area contributed by atoms with Crippen molar-refractivity contribution in [1.29, 1.82) is 0 Å². The fourth-order valence-electron chi connectivity index (χ4n) is 5.34. The van der Waals surface area contributed by atoms with Crippen LogP contribution in [0, 0.1) is 0 Å². The maximum absolute atomic E-state index is 13.8. The van der Waals surface area contributed by atoms with Crippen LogP contribution in [0.5, 0.6) is 11.5 Å². The molecule has 2 fully saturated rings. The van der Waals surface area contributed by atoms with Crippen molar-refractivity contribution in [3.05, 3.63) is 42.7 Å². The predicted molar refractivity (Wildman–Crippen MR) is 165 cm³/mol. The highest BCUT2D eigenvalue weighted by Crippen LogP contribution is 2.33. The molecule has 1 aromatic carbocycles. The van der Waals surface area contributed by atoms with Gasteiger partial charge in [0.05, 0.1) is 25.2 Å². The Morgan fingerprint density at radius 3 is 2.60 bits per heavy atom. The molecule has 13 nitrogen and oxygen atoms in total. The van der Waals surface area contributed by atoms with E-state index >= 15 is 0 Å². The van der Waals surface area contributed by atoms with Crippen LogP contribution in [0.1, 0.15) is 59.8 Å². The van der Waals surface area contributed by atoms with E-state index in [9.17, 15) is 19.5 Å². The molecule has 4 atom stereocenters. The summed E-state index contributed by atoms with van der Waals surface area (Å²) in [5.74, 6) is 0.640. The van der Waals surface area contributed by atoms with Gasteiger partial charge < -0.3 is 30.0 Å². The fourth-order valence-corrected chi connectivity index (χ4v) is 5.34. The summed E-state index contributed by atoms with van der Waals surface area (Å²) >= 11 is 0. The van der Waals surface area contributed by atoms with E-state index in [0.29, 0.717) is 35.7 Å². The summed E-state index contributed by atoms with van der Waals surface area (Å²) in [5.41, 5.74) is -0.174. The highest BCUT2D eigenvalue weighted by Gasteiger charge is 2.44. The number of aliphatic hydroxyl groups is 1. The van der Waals surface area contributed by atoms with E-state index in [4.69, 9.17) is 19.2 Å². The number of fused-ring (bicyclic) bond motifs is 1. The zero-order valence-electron chi connectivity index (χ0n) is 26.4. The molecule has 1 saturated heterocycles. The molecular formula is C32H42N6O7. The van der Waals surface area contributed by atoms with Gasteiger partial charge in [0, 0.05) is 42.4 Å². The topological polar surface area (TPSA) is 157 Å². The van der Waals surface area contributed by atoms with E-state index < -0.39 is 47.8 Å². The molecule has 242 valence electrons. The maximum atomic E-state index is 13.8. The van der Waals surface area contributed by atoms with E-state index in [1.54, 1.807) is 69.2 Å². The van der Waals surface area contributed by atoms with Crippen LogP contribution in [0.2, 0.25) is 0 Å². The molecule has 13 heteroatoms. The minimum Gasteiger partial charge on any atom is -0.497 e. The number of aliphatic hydroxyl groups excluding tert-OH is 1. The van der Waals surface area contributed by atoms with E-state index in [0.717, 1.165) is 18.2 Å². The summed E-state index contributed by atoms with van der Waals surface area (Å²) in [6.45, 7) is 7.25. The van der Waals surface area contributed by atoms with Gasteiger partial charge in [0.2, 0.25) is 5.91 Å². The lowest BCUT2D eigenvalue weighted by Crippen LogP contribution is -2.55. The molecule has 3 N–H and O–H groups in total. The van der Waals surface area contributed by atoms with Crippen LogP contribution in [-0.2, 0) is 14.3 Å². The van der Waals surface area contributed by atoms with Crippen molar-refractivity contribution < 1.29 is 33.7 Å². The minimum absolute atomic E-state index is 0.0692. The van der Waals surface area contributed by atoms with Crippen molar-refractivity contribution in [3.8, 4) is 17.3 Å². The van der Waals surface area contributed by atoms with Gasteiger partial charge in [0.25, 0.3) is 5.91 Å². The van der Waals surface area contributed by atoms with Gasteiger partial charge >= 0.3 is 6.09 Å². The smallest absolute Gasteiger partial charge is 0.411 e. The van der Waals surface area contributed by atoms with Crippen LogP contribution in [0.3, 0.4) is 0 Å². The monoisotopic (exact) mass is 622 g/mol. The quantitative estimate of drug-likeness (QED) is 0.292. The van der Waals surface area contributed by atoms with E-state index in [2.05, 4.69) is 15.7 Å². The predicted octanol–water partition coefficient (Wildman–Crippen LogP) is 3.11. The van der Waals surface area contributed by atoms with Crippen molar-refractivity contribution in [3.63, 3.8) is 0 Å². The minimum atomic E-state index is -1.42. The van der Waals surface area contributed by atoms with Crippen LogP contribution in [0.25, 0.3) is 16.7 Å². The number of aromatic nitrogens is 3. The first-order valence-corrected chi connectivity index (χ1v) is 15.4. The Morgan fingerprint density at radius 2 is 1.96 bits per heavy atom. The van der Waals surface area contributed by atoms with Crippen molar-refractivity contribution in [2.24, 2.45) is 0 Å². The molecule has 3 amide bonds. The summed E-state index contributed by atoms with van der Waals surface area (Å²) in [6.07, 6.45) is 3.68. The number of likely N-dealkylation sites (tertiary alicyclic amines) is 1. The number of hydrogen-bond donors (Lipinski definition) is 3. The van der Waals surface area contributed by atoms with Gasteiger partial charge in [-0.15, -0.1) is 0 Å². The lowest BCUT2D eigenvalue weighted by Gasteiger charge is -2.29. The van der Waals surface area contributed by atoms with Crippen LogP contribution in [-0.4, -0.2) is 92.3 Å². The number of methoxy groups -OCH3 is 1. The second kappa shape index (κ2) is 13.3. The van der Waals surface area contributed by atoms with Crippen LogP contribution >= 0.6 is 0 Å². The first-order chi connectivity index (χ1) is 21.5. The van der Waals surface area contributed by atoms with Gasteiger partial charge in [0.15, 0.2) is 11.9 Å². The molecule has 1 aliphatic carbocycles. The number of carbonyl (C=O) groups excluding carboxylic acids is 3. The highest BCUT2D eigenvalue weighted by atomic mass is 16.6. The molecule has 3 aromatic rings. The summed E-state index contributed by atoms with van der Waals surface area (Å²) in [7, 11) is 1.58. The van der Waals surface area contributed by atoms with Gasteiger partial charge in [-0.2, -0.15) is 5.10 Å². The standard InChI is InChI=1S/C32H42N6O7/c1-6-8-23(28(39)30(41)34-19-9-10-19)36-29(40)25-16-21(18-37(25)31(42)45-32(2,3)4)44-26-17-27(38-14-7-13-33-38)35-24-15-20(43-5)11-12-22(24)26/h7,11-15,17,19,21,23,25,28,39H,6,8-10,16,18H2,1-5H3,(H,34,41)(H,36,40)/t21-,23+,25+,28+/m1/s1. The highest BCUT2D eigenvalue weighted by molar-refractivity contribution is 5.89. The summed E-state index contributed by atoms with van der Waals surface area (Å²) in [4.78, 5) is 45.8. The Hall–Kier alpha value is -4.39. The Bertz CT molecular complexity index is 1520. The lowest BCUT2D eigenvalue weighted by atomic mass is 10.0. The molecule has 2 aromatic heterocycles. The Labute approximate surface area is 262 Å². The number of nitrogens with zero attached hydrogens (tertiary/aromatic N) is 4. The number of ether oxygens (including phenoxy) is 3. The molecular weight excluding hydrogens is 580 g/mol. The molecule has 3 heterocycles. The van der Waals surface area contributed by atoms with Gasteiger partial charge in [-0.25, -0.2) is 14.5 Å². The number of nitrogens with one attached hydrogen (secondary N) is 2. The summed E-state index contributed by atoms with van der Waals surface area (Å²) in [5, 5.41) is 21.5. The largest absolute Gasteiger partial charge is 0.497 e. The molecule has 0 spiro atoms. The van der Waals surface area contributed by atoms with Gasteiger partial charge in [-0.1, -0.05) is 13.3 Å². The Kier molecular flexibility index (Phi) is 9.47. The third-order valence-corrected chi connectivity index (χ3v) is 7.69. The van der Waals surface area contributed by atoms with Crippen LogP contribution < -0.4 is 20.1 Å². The average molecular weight is 623 g/mol. The first-order valence-electron chi connectivity index (χ1n) is 15.4. The zero-order chi connectivity index (χ0) is 32.3. The van der Waals surface area contributed by atoms with E-state index in [1.807, 2.05) is 13.0 Å². The number of carbonyl (C=O) groups is 3. The van der Waals surface area contributed by atoms with Gasteiger partial charge in [-0.05, 0) is 58.2 Å². The van der Waals surface area contributed by atoms with E-state index in [1.165, 1.54) is 4.90 Å². The number of benzene rings is 1. The number of amides is 3. The summed E-state index contributed by atoms with van der Waals surface area (Å²) in [6, 6.07) is 7.29. The third-order valence-electron chi connectivity index (χ3n) is 7.69. The molecule has 1 saturated carbocycles. The number of hydrogen-bond acceptors (Lipinski definition) is 9.